The highest BCUT2D eigenvalue weighted by Gasteiger charge is 2.56. The van der Waals surface area contributed by atoms with Crippen LogP contribution in [0.25, 0.3) is 0 Å². The Bertz CT molecular complexity index is 632. The molecule has 0 saturated heterocycles. The summed E-state index contributed by atoms with van der Waals surface area (Å²) < 4.78 is 0. The van der Waals surface area contributed by atoms with Crippen molar-refractivity contribution in [3.63, 3.8) is 0 Å². The van der Waals surface area contributed by atoms with Crippen molar-refractivity contribution < 1.29 is 5.11 Å². The Morgan fingerprint density at radius 1 is 0.966 bits per heavy atom. The molecule has 0 aliphatic heterocycles. The topological polar surface area (TPSA) is 20.2 Å². The molecule has 2 fully saturated rings. The molecule has 0 bridgehead atoms. The largest absolute Gasteiger partial charge is 0.393 e. The smallest absolute Gasteiger partial charge is 0.0569 e. The third-order valence-corrected chi connectivity index (χ3v) is 10.7. The molecule has 29 heavy (non-hydrogen) atoms. The van der Waals surface area contributed by atoms with Crippen molar-refractivity contribution in [1.29, 1.82) is 0 Å². The molecule has 1 nitrogen and oxygen atoms in total. The van der Waals surface area contributed by atoms with E-state index in [0.29, 0.717) is 22.7 Å². The number of rotatable bonds is 5. The van der Waals surface area contributed by atoms with E-state index >= 15 is 0 Å². The zero-order valence-corrected chi connectivity index (χ0v) is 20.3. The first kappa shape index (κ1) is 21.9. The first-order valence-electron chi connectivity index (χ1n) is 13.1. The van der Waals surface area contributed by atoms with Crippen molar-refractivity contribution >= 4 is 0 Å². The first-order valence-corrected chi connectivity index (χ1v) is 13.1. The standard InChI is InChI=1S/C28H48O/c1-18(2)8-7-9-19(3)22-12-13-24-21-10-11-23-20(4)26(29)15-17-28(23,6)25(21)14-16-27(22,24)5/h18-20,22-24,26,29H,7-17H2,1-6H3/t19-,20?,22-,23?,24+,26?,27-,28+/m1/s1. The van der Waals surface area contributed by atoms with Crippen molar-refractivity contribution in [2.75, 3.05) is 0 Å². The lowest BCUT2D eigenvalue weighted by Gasteiger charge is -2.56. The minimum absolute atomic E-state index is 0.0633. The fraction of sp³-hybridized carbons (Fsp3) is 0.929. The molecule has 4 aliphatic rings. The fourth-order valence-corrected chi connectivity index (χ4v) is 8.93. The Kier molecular flexibility index (Phi) is 6.04. The molecule has 0 radical (unpaired) electrons. The summed E-state index contributed by atoms with van der Waals surface area (Å²) in [5.41, 5.74) is 4.73. The van der Waals surface area contributed by atoms with E-state index in [1.54, 1.807) is 0 Å². The highest BCUT2D eigenvalue weighted by Crippen LogP contribution is 2.66. The quantitative estimate of drug-likeness (QED) is 0.467. The van der Waals surface area contributed by atoms with Gasteiger partial charge in [-0.3, -0.25) is 0 Å². The van der Waals surface area contributed by atoms with Crippen LogP contribution in [0.1, 0.15) is 112 Å². The molecule has 1 N–H and O–H groups in total. The second kappa shape index (κ2) is 7.99. The van der Waals surface area contributed by atoms with Gasteiger partial charge >= 0.3 is 0 Å². The van der Waals surface area contributed by atoms with Gasteiger partial charge in [0.1, 0.15) is 0 Å². The van der Waals surface area contributed by atoms with Crippen molar-refractivity contribution in [2.24, 2.45) is 46.3 Å². The van der Waals surface area contributed by atoms with Gasteiger partial charge in [0.05, 0.1) is 6.10 Å². The lowest BCUT2D eigenvalue weighted by molar-refractivity contribution is -0.0336. The second-order valence-electron chi connectivity index (χ2n) is 12.6. The van der Waals surface area contributed by atoms with Crippen LogP contribution in [0, 0.1) is 46.3 Å². The van der Waals surface area contributed by atoms with Gasteiger partial charge in [0.25, 0.3) is 0 Å². The summed E-state index contributed by atoms with van der Waals surface area (Å²) in [4.78, 5) is 0. The van der Waals surface area contributed by atoms with E-state index < -0.39 is 0 Å². The lowest BCUT2D eigenvalue weighted by Crippen LogP contribution is -2.49. The predicted molar refractivity (Wildman–Crippen MR) is 124 cm³/mol. The van der Waals surface area contributed by atoms with Gasteiger partial charge in [-0.1, -0.05) is 72.0 Å². The van der Waals surface area contributed by atoms with Crippen molar-refractivity contribution in [3.8, 4) is 0 Å². The monoisotopic (exact) mass is 400 g/mol. The number of allylic oxidation sites excluding steroid dienone is 2. The average molecular weight is 401 g/mol. The van der Waals surface area contributed by atoms with Crippen LogP contribution >= 0.6 is 0 Å². The fourth-order valence-electron chi connectivity index (χ4n) is 8.93. The van der Waals surface area contributed by atoms with Gasteiger partial charge in [-0.25, -0.2) is 0 Å². The van der Waals surface area contributed by atoms with Crippen LogP contribution in [-0.2, 0) is 0 Å². The molecule has 166 valence electrons. The minimum Gasteiger partial charge on any atom is -0.393 e. The second-order valence-corrected chi connectivity index (χ2v) is 12.6. The maximum Gasteiger partial charge on any atom is 0.0569 e. The molecule has 8 atom stereocenters. The maximum atomic E-state index is 10.5. The van der Waals surface area contributed by atoms with E-state index in [1.807, 2.05) is 11.1 Å². The SMILES string of the molecule is CC(C)CCC[C@@H](C)[C@H]1CC[C@H]2C3=C(CC[C@]12C)[C@@]1(C)CCC(O)C(C)C1CC3. The average Bonchev–Trinajstić information content (AvgIpc) is 3.02. The van der Waals surface area contributed by atoms with Gasteiger partial charge in [-0.05, 0) is 97.7 Å². The molecule has 4 aliphatic carbocycles. The number of aliphatic hydroxyl groups is 1. The van der Waals surface area contributed by atoms with Crippen molar-refractivity contribution in [3.05, 3.63) is 11.1 Å². The van der Waals surface area contributed by atoms with Gasteiger partial charge in [-0.15, -0.1) is 0 Å². The molecule has 0 aromatic heterocycles. The van der Waals surface area contributed by atoms with Crippen molar-refractivity contribution in [1.82, 2.24) is 0 Å². The van der Waals surface area contributed by atoms with Gasteiger partial charge in [-0.2, -0.15) is 0 Å². The van der Waals surface area contributed by atoms with Gasteiger partial charge in [0.2, 0.25) is 0 Å². The molecule has 0 aromatic carbocycles. The minimum atomic E-state index is -0.0633. The molecule has 2 saturated carbocycles. The summed E-state index contributed by atoms with van der Waals surface area (Å²) in [6, 6.07) is 0. The summed E-state index contributed by atoms with van der Waals surface area (Å²) in [5.74, 6) is 4.73. The van der Waals surface area contributed by atoms with Gasteiger partial charge in [0, 0.05) is 0 Å². The molecule has 0 heterocycles. The molecule has 0 aromatic rings. The van der Waals surface area contributed by atoms with Crippen LogP contribution in [0.15, 0.2) is 11.1 Å². The van der Waals surface area contributed by atoms with Crippen LogP contribution in [0.2, 0.25) is 0 Å². The van der Waals surface area contributed by atoms with Crippen LogP contribution in [-0.4, -0.2) is 11.2 Å². The summed E-state index contributed by atoms with van der Waals surface area (Å²) >= 11 is 0. The van der Waals surface area contributed by atoms with Gasteiger partial charge in [0.15, 0.2) is 0 Å². The third kappa shape index (κ3) is 3.56. The van der Waals surface area contributed by atoms with E-state index in [9.17, 15) is 5.11 Å². The Labute approximate surface area is 181 Å². The van der Waals surface area contributed by atoms with Crippen LogP contribution in [0.4, 0.5) is 0 Å². The summed E-state index contributed by atoms with van der Waals surface area (Å²) in [6.07, 6.45) is 14.8. The maximum absolute atomic E-state index is 10.5. The lowest BCUT2D eigenvalue weighted by atomic mass is 9.49. The molecule has 0 amide bonds. The Morgan fingerprint density at radius 3 is 2.45 bits per heavy atom. The number of hydrogen-bond donors (Lipinski definition) is 1. The normalized spacial score (nSPS) is 45.7. The predicted octanol–water partition coefficient (Wildman–Crippen LogP) is 7.78. The summed E-state index contributed by atoms with van der Waals surface area (Å²) in [6.45, 7) is 14.9. The molecule has 0 spiro atoms. The van der Waals surface area contributed by atoms with Crippen LogP contribution < -0.4 is 0 Å². The molecule has 3 unspecified atom stereocenters. The molecular formula is C28H48O. The summed E-state index contributed by atoms with van der Waals surface area (Å²) in [7, 11) is 0. The summed E-state index contributed by atoms with van der Waals surface area (Å²) in [5, 5.41) is 10.5. The third-order valence-electron chi connectivity index (χ3n) is 10.7. The molecule has 1 heteroatoms. The van der Waals surface area contributed by atoms with Gasteiger partial charge < -0.3 is 5.11 Å². The van der Waals surface area contributed by atoms with E-state index in [2.05, 4.69) is 41.5 Å². The molecular weight excluding hydrogens is 352 g/mol. The van der Waals surface area contributed by atoms with E-state index in [0.717, 1.165) is 30.1 Å². The zero-order valence-electron chi connectivity index (χ0n) is 20.3. The Hall–Kier alpha value is -0.300. The highest BCUT2D eigenvalue weighted by molar-refractivity contribution is 5.34. The number of fused-ring (bicyclic) bond motifs is 4. The number of aliphatic hydroxyl groups excluding tert-OH is 1. The van der Waals surface area contributed by atoms with Crippen LogP contribution in [0.3, 0.4) is 0 Å². The highest BCUT2D eigenvalue weighted by atomic mass is 16.3. The molecule has 4 rings (SSSR count). The van der Waals surface area contributed by atoms with Crippen molar-refractivity contribution in [2.45, 2.75) is 118 Å². The van der Waals surface area contributed by atoms with E-state index in [4.69, 9.17) is 0 Å². The first-order chi connectivity index (χ1) is 13.7. The number of hydrogen-bond acceptors (Lipinski definition) is 1. The Balaban J connectivity index is 1.54. The van der Waals surface area contributed by atoms with E-state index in [1.165, 1.54) is 64.2 Å². The zero-order chi connectivity index (χ0) is 21.0. The van der Waals surface area contributed by atoms with E-state index in [-0.39, 0.29) is 6.10 Å². The Morgan fingerprint density at radius 2 is 1.72 bits per heavy atom. The van der Waals surface area contributed by atoms with Crippen LogP contribution in [0.5, 0.6) is 0 Å².